The number of aliphatic hydroxyl groups excluding tert-OH is 1. The van der Waals surface area contributed by atoms with Gasteiger partial charge in [0.05, 0.1) is 24.0 Å². The number of nitrogens with two attached hydrogens (primary N) is 1. The van der Waals surface area contributed by atoms with Crippen molar-refractivity contribution in [2.75, 3.05) is 12.3 Å². The minimum absolute atomic E-state index is 0.126. The predicted molar refractivity (Wildman–Crippen MR) is 59.6 cm³/mol. The third-order valence-electron chi connectivity index (χ3n) is 2.05. The van der Waals surface area contributed by atoms with Crippen molar-refractivity contribution in [3.63, 3.8) is 0 Å². The molecule has 0 aliphatic heterocycles. The maximum absolute atomic E-state index is 10.7. The summed E-state index contributed by atoms with van der Waals surface area (Å²) in [5.74, 6) is -0.694. The highest BCUT2D eigenvalue weighted by atomic mass is 16.5. The van der Waals surface area contributed by atoms with Crippen molar-refractivity contribution in [1.82, 2.24) is 0 Å². The molecule has 0 radical (unpaired) electrons. The van der Waals surface area contributed by atoms with Crippen molar-refractivity contribution in [1.29, 1.82) is 0 Å². The summed E-state index contributed by atoms with van der Waals surface area (Å²) >= 11 is 0. The van der Waals surface area contributed by atoms with Crippen molar-refractivity contribution >= 4 is 11.7 Å². The molecule has 1 aromatic carbocycles. The van der Waals surface area contributed by atoms with E-state index in [4.69, 9.17) is 20.7 Å². The Hall–Kier alpha value is -1.75. The molecule has 88 valence electrons. The van der Waals surface area contributed by atoms with Crippen LogP contribution in [0.4, 0.5) is 5.69 Å². The van der Waals surface area contributed by atoms with Gasteiger partial charge in [0.15, 0.2) is 0 Å². The van der Waals surface area contributed by atoms with Crippen LogP contribution in [0.5, 0.6) is 5.75 Å². The standard InChI is InChI=1S/C11H15NO4/c1-7(13)4-5-16-10-6-8(11(14)15)2-3-9(10)12/h2-3,6-7,13H,4-5,12H2,1H3,(H,14,15). The fourth-order valence-electron chi connectivity index (χ4n) is 1.13. The first-order valence-electron chi connectivity index (χ1n) is 4.94. The molecule has 0 amide bonds. The molecule has 1 rings (SSSR count). The number of rotatable bonds is 5. The van der Waals surface area contributed by atoms with Gasteiger partial charge in [0, 0.05) is 6.42 Å². The summed E-state index contributed by atoms with van der Waals surface area (Å²) in [6.45, 7) is 1.95. The summed E-state index contributed by atoms with van der Waals surface area (Å²) < 4.78 is 5.29. The van der Waals surface area contributed by atoms with Crippen molar-refractivity contribution in [3.05, 3.63) is 23.8 Å². The van der Waals surface area contributed by atoms with Crippen molar-refractivity contribution < 1.29 is 19.7 Å². The molecule has 1 atom stereocenters. The second-order valence-corrected chi connectivity index (χ2v) is 3.54. The zero-order valence-electron chi connectivity index (χ0n) is 9.01. The Bertz CT molecular complexity index is 376. The van der Waals surface area contributed by atoms with Gasteiger partial charge >= 0.3 is 5.97 Å². The number of carbonyl (C=O) groups is 1. The summed E-state index contributed by atoms with van der Waals surface area (Å²) in [6.07, 6.45) is 0.0142. The van der Waals surface area contributed by atoms with Gasteiger partial charge in [-0.2, -0.15) is 0 Å². The first-order valence-corrected chi connectivity index (χ1v) is 4.94. The Labute approximate surface area is 93.5 Å². The van der Waals surface area contributed by atoms with E-state index in [9.17, 15) is 4.79 Å². The second kappa shape index (κ2) is 5.37. The van der Waals surface area contributed by atoms with Crippen LogP contribution in [0.1, 0.15) is 23.7 Å². The predicted octanol–water partition coefficient (Wildman–Crippen LogP) is 1.12. The molecule has 0 saturated heterocycles. The third kappa shape index (κ3) is 3.43. The van der Waals surface area contributed by atoms with Crippen LogP contribution in [-0.4, -0.2) is 28.9 Å². The van der Waals surface area contributed by atoms with Crippen LogP contribution < -0.4 is 10.5 Å². The minimum Gasteiger partial charge on any atom is -0.491 e. The molecule has 0 spiro atoms. The first-order chi connectivity index (χ1) is 7.50. The summed E-state index contributed by atoms with van der Waals surface area (Å²) in [5.41, 5.74) is 6.14. The van der Waals surface area contributed by atoms with Gasteiger partial charge in [-0.15, -0.1) is 0 Å². The molecule has 0 aliphatic carbocycles. The molecule has 0 saturated carbocycles. The lowest BCUT2D eigenvalue weighted by Crippen LogP contribution is -2.09. The Kier molecular flexibility index (Phi) is 4.13. The fourth-order valence-corrected chi connectivity index (χ4v) is 1.13. The lowest BCUT2D eigenvalue weighted by Gasteiger charge is -2.10. The molecule has 1 unspecified atom stereocenters. The zero-order chi connectivity index (χ0) is 12.1. The number of aliphatic hydroxyl groups is 1. The van der Waals surface area contributed by atoms with Gasteiger partial charge in [0.2, 0.25) is 0 Å². The Morgan fingerprint density at radius 1 is 1.56 bits per heavy atom. The van der Waals surface area contributed by atoms with E-state index < -0.39 is 12.1 Å². The highest BCUT2D eigenvalue weighted by molar-refractivity contribution is 5.89. The molecular formula is C11H15NO4. The third-order valence-corrected chi connectivity index (χ3v) is 2.05. The fraction of sp³-hybridized carbons (Fsp3) is 0.364. The van der Waals surface area contributed by atoms with E-state index in [0.717, 1.165) is 0 Å². The van der Waals surface area contributed by atoms with E-state index >= 15 is 0 Å². The largest absolute Gasteiger partial charge is 0.491 e. The summed E-state index contributed by atoms with van der Waals surface area (Å²) in [5, 5.41) is 17.8. The number of aromatic carboxylic acids is 1. The Morgan fingerprint density at radius 2 is 2.25 bits per heavy atom. The number of carboxylic acid groups (broad SMARTS) is 1. The van der Waals surface area contributed by atoms with E-state index in [2.05, 4.69) is 0 Å². The zero-order valence-corrected chi connectivity index (χ0v) is 9.01. The Morgan fingerprint density at radius 3 is 2.81 bits per heavy atom. The highest BCUT2D eigenvalue weighted by Gasteiger charge is 2.07. The van der Waals surface area contributed by atoms with Gasteiger partial charge in [0.25, 0.3) is 0 Å². The van der Waals surface area contributed by atoms with Crippen LogP contribution in [0.15, 0.2) is 18.2 Å². The van der Waals surface area contributed by atoms with E-state index in [1.54, 1.807) is 6.92 Å². The average Bonchev–Trinajstić information content (AvgIpc) is 2.20. The SMILES string of the molecule is CC(O)CCOc1cc(C(=O)O)ccc1N. The molecule has 1 aromatic rings. The summed E-state index contributed by atoms with van der Waals surface area (Å²) in [4.78, 5) is 10.7. The number of anilines is 1. The number of hydrogen-bond donors (Lipinski definition) is 3. The molecule has 0 aliphatic rings. The van der Waals surface area contributed by atoms with Gasteiger partial charge in [-0.05, 0) is 25.1 Å². The van der Waals surface area contributed by atoms with Crippen LogP contribution in [0, 0.1) is 0 Å². The first kappa shape index (κ1) is 12.3. The quantitative estimate of drug-likeness (QED) is 0.653. The van der Waals surface area contributed by atoms with E-state index in [1.807, 2.05) is 0 Å². The maximum Gasteiger partial charge on any atom is 0.335 e. The monoisotopic (exact) mass is 225 g/mol. The van der Waals surface area contributed by atoms with Gasteiger partial charge in [-0.3, -0.25) is 0 Å². The smallest absolute Gasteiger partial charge is 0.335 e. The van der Waals surface area contributed by atoms with Gasteiger partial charge in [-0.1, -0.05) is 0 Å². The lowest BCUT2D eigenvalue weighted by molar-refractivity contribution is 0.0696. The lowest BCUT2D eigenvalue weighted by atomic mass is 10.2. The number of benzene rings is 1. The van der Waals surface area contributed by atoms with Crippen molar-refractivity contribution in [2.24, 2.45) is 0 Å². The van der Waals surface area contributed by atoms with Crippen molar-refractivity contribution in [2.45, 2.75) is 19.4 Å². The van der Waals surface area contributed by atoms with Crippen LogP contribution >= 0.6 is 0 Å². The van der Waals surface area contributed by atoms with Crippen LogP contribution in [0.25, 0.3) is 0 Å². The van der Waals surface area contributed by atoms with Gasteiger partial charge in [-0.25, -0.2) is 4.79 Å². The second-order valence-electron chi connectivity index (χ2n) is 3.54. The minimum atomic E-state index is -1.03. The molecule has 0 aromatic heterocycles. The normalized spacial score (nSPS) is 12.1. The average molecular weight is 225 g/mol. The summed E-state index contributed by atoms with van der Waals surface area (Å²) in [6, 6.07) is 4.28. The highest BCUT2D eigenvalue weighted by Crippen LogP contribution is 2.23. The van der Waals surface area contributed by atoms with E-state index in [-0.39, 0.29) is 5.56 Å². The Balaban J connectivity index is 2.70. The molecular weight excluding hydrogens is 210 g/mol. The number of ether oxygens (including phenoxy) is 1. The van der Waals surface area contributed by atoms with Gasteiger partial charge < -0.3 is 20.7 Å². The van der Waals surface area contributed by atoms with Gasteiger partial charge in [0.1, 0.15) is 5.75 Å². The van der Waals surface area contributed by atoms with Crippen molar-refractivity contribution in [3.8, 4) is 5.75 Å². The molecule has 16 heavy (non-hydrogen) atoms. The number of nitrogen functional groups attached to an aromatic ring is 1. The van der Waals surface area contributed by atoms with E-state index in [1.165, 1.54) is 18.2 Å². The molecule has 5 heteroatoms. The molecule has 0 heterocycles. The molecule has 0 fully saturated rings. The molecule has 0 bridgehead atoms. The molecule has 5 nitrogen and oxygen atoms in total. The number of hydrogen-bond acceptors (Lipinski definition) is 4. The van der Waals surface area contributed by atoms with Crippen LogP contribution in [-0.2, 0) is 0 Å². The summed E-state index contributed by atoms with van der Waals surface area (Å²) in [7, 11) is 0. The van der Waals surface area contributed by atoms with Crippen LogP contribution in [0.2, 0.25) is 0 Å². The number of carboxylic acids is 1. The molecule has 4 N–H and O–H groups in total. The van der Waals surface area contributed by atoms with E-state index in [0.29, 0.717) is 24.5 Å². The maximum atomic E-state index is 10.7. The topological polar surface area (TPSA) is 92.8 Å². The van der Waals surface area contributed by atoms with Crippen LogP contribution in [0.3, 0.4) is 0 Å².